The zero-order chi connectivity index (χ0) is 22.1. The molecule has 0 saturated heterocycles. The molecule has 0 amide bonds. The van der Waals surface area contributed by atoms with Gasteiger partial charge in [0.25, 0.3) is 0 Å². The van der Waals surface area contributed by atoms with E-state index < -0.39 is 5.97 Å². The van der Waals surface area contributed by atoms with Crippen LogP contribution in [0.25, 0.3) is 0 Å². The Morgan fingerprint density at radius 2 is 1.65 bits per heavy atom. The number of thiocarbonyl (C=S) groups is 1. The molecule has 158 valence electrons. The van der Waals surface area contributed by atoms with Crippen LogP contribution < -0.4 is 25.0 Å². The van der Waals surface area contributed by atoms with Crippen molar-refractivity contribution in [1.82, 2.24) is 5.43 Å². The summed E-state index contributed by atoms with van der Waals surface area (Å²) in [6, 6.07) is 21.3. The Labute approximate surface area is 185 Å². The van der Waals surface area contributed by atoms with E-state index in [-0.39, 0.29) is 0 Å². The normalized spacial score (nSPS) is 10.4. The maximum Gasteiger partial charge on any atom is 0.343 e. The number of ether oxygens (including phenoxy) is 3. The van der Waals surface area contributed by atoms with Crippen LogP contribution >= 0.6 is 12.2 Å². The molecule has 0 aliphatic rings. The third-order valence-electron chi connectivity index (χ3n) is 4.12. The van der Waals surface area contributed by atoms with Crippen LogP contribution in [-0.4, -0.2) is 31.5 Å². The number of hydrogen-bond acceptors (Lipinski definition) is 6. The van der Waals surface area contributed by atoms with Crippen molar-refractivity contribution in [1.29, 1.82) is 0 Å². The highest BCUT2D eigenvalue weighted by molar-refractivity contribution is 7.80. The summed E-state index contributed by atoms with van der Waals surface area (Å²) in [6.45, 7) is 0. The van der Waals surface area contributed by atoms with Crippen LogP contribution in [-0.2, 0) is 0 Å². The van der Waals surface area contributed by atoms with E-state index in [0.717, 1.165) is 11.3 Å². The minimum absolute atomic E-state index is 0.354. The van der Waals surface area contributed by atoms with E-state index >= 15 is 0 Å². The van der Waals surface area contributed by atoms with Gasteiger partial charge >= 0.3 is 5.97 Å². The number of esters is 1. The standard InChI is InChI=1S/C23H21N3O4S/c1-28-20-13-10-17(14-21(20)29-2)22(27)30-19-11-8-16(9-12-19)15-24-26-23(31)25-18-6-4-3-5-7-18/h3-15H,1-2H3,(H2,25,26,31)/b24-15+. The molecule has 7 nitrogen and oxygen atoms in total. The van der Waals surface area contributed by atoms with Crippen LogP contribution in [0.1, 0.15) is 15.9 Å². The minimum atomic E-state index is -0.499. The van der Waals surface area contributed by atoms with Gasteiger partial charge in [-0.25, -0.2) is 4.79 Å². The molecule has 0 saturated carbocycles. The van der Waals surface area contributed by atoms with E-state index in [9.17, 15) is 4.79 Å². The lowest BCUT2D eigenvalue weighted by atomic mass is 10.2. The number of anilines is 1. The highest BCUT2D eigenvalue weighted by Gasteiger charge is 2.12. The Morgan fingerprint density at radius 3 is 2.32 bits per heavy atom. The number of hydrogen-bond donors (Lipinski definition) is 2. The minimum Gasteiger partial charge on any atom is -0.493 e. The summed E-state index contributed by atoms with van der Waals surface area (Å²) in [5.41, 5.74) is 4.78. The molecule has 8 heteroatoms. The molecule has 2 N–H and O–H groups in total. The maximum absolute atomic E-state index is 12.4. The van der Waals surface area contributed by atoms with E-state index in [1.54, 1.807) is 48.7 Å². The molecular formula is C23H21N3O4S. The van der Waals surface area contributed by atoms with Gasteiger partial charge < -0.3 is 19.5 Å². The first-order chi connectivity index (χ1) is 15.1. The Morgan fingerprint density at radius 1 is 0.935 bits per heavy atom. The van der Waals surface area contributed by atoms with Crippen molar-refractivity contribution < 1.29 is 19.0 Å². The SMILES string of the molecule is COc1ccc(C(=O)Oc2ccc(/C=N/NC(=S)Nc3ccccc3)cc2)cc1OC. The largest absolute Gasteiger partial charge is 0.493 e. The van der Waals surface area contributed by atoms with E-state index in [4.69, 9.17) is 26.4 Å². The van der Waals surface area contributed by atoms with Gasteiger partial charge in [-0.2, -0.15) is 5.10 Å². The number of hydrazone groups is 1. The first kappa shape index (κ1) is 21.8. The Balaban J connectivity index is 1.54. The molecule has 31 heavy (non-hydrogen) atoms. The second-order valence-corrected chi connectivity index (χ2v) is 6.63. The number of nitrogens with zero attached hydrogens (tertiary/aromatic N) is 1. The number of benzene rings is 3. The first-order valence-corrected chi connectivity index (χ1v) is 9.69. The van der Waals surface area contributed by atoms with E-state index in [2.05, 4.69) is 15.8 Å². The van der Waals surface area contributed by atoms with Crippen molar-refractivity contribution in [2.75, 3.05) is 19.5 Å². The smallest absolute Gasteiger partial charge is 0.343 e. The highest BCUT2D eigenvalue weighted by atomic mass is 32.1. The third kappa shape index (κ3) is 6.28. The average molecular weight is 436 g/mol. The second-order valence-electron chi connectivity index (χ2n) is 6.22. The van der Waals surface area contributed by atoms with Gasteiger partial charge in [0.15, 0.2) is 16.6 Å². The van der Waals surface area contributed by atoms with E-state index in [1.165, 1.54) is 14.2 Å². The second kappa shape index (κ2) is 10.7. The number of carbonyl (C=O) groups excluding carboxylic acids is 1. The van der Waals surface area contributed by atoms with Crippen LogP contribution in [0.3, 0.4) is 0 Å². The fourth-order valence-corrected chi connectivity index (χ4v) is 2.77. The van der Waals surface area contributed by atoms with Crippen LogP contribution in [0.2, 0.25) is 0 Å². The molecule has 3 aromatic rings. The molecule has 0 aliphatic heterocycles. The Kier molecular flexibility index (Phi) is 7.56. The maximum atomic E-state index is 12.4. The van der Waals surface area contributed by atoms with Gasteiger partial charge in [-0.3, -0.25) is 5.43 Å². The lowest BCUT2D eigenvalue weighted by molar-refractivity contribution is 0.0734. The van der Waals surface area contributed by atoms with Gasteiger partial charge in [0.2, 0.25) is 0 Å². The molecular weight excluding hydrogens is 414 g/mol. The lowest BCUT2D eigenvalue weighted by Crippen LogP contribution is -2.23. The summed E-state index contributed by atoms with van der Waals surface area (Å²) in [5, 5.41) is 7.50. The lowest BCUT2D eigenvalue weighted by Gasteiger charge is -2.09. The fraction of sp³-hybridized carbons (Fsp3) is 0.0870. The fourth-order valence-electron chi connectivity index (χ4n) is 2.60. The van der Waals surface area contributed by atoms with Gasteiger partial charge in [0.05, 0.1) is 26.0 Å². The molecule has 0 aromatic heterocycles. The number of nitrogens with one attached hydrogen (secondary N) is 2. The van der Waals surface area contributed by atoms with Crippen molar-refractivity contribution in [2.45, 2.75) is 0 Å². The molecule has 0 radical (unpaired) electrons. The van der Waals surface area contributed by atoms with Crippen molar-refractivity contribution in [3.8, 4) is 17.2 Å². The zero-order valence-corrected chi connectivity index (χ0v) is 17.8. The van der Waals surface area contributed by atoms with Crippen LogP contribution in [0.15, 0.2) is 77.9 Å². The average Bonchev–Trinajstić information content (AvgIpc) is 2.80. The van der Waals surface area contributed by atoms with E-state index in [1.807, 2.05) is 30.3 Å². The third-order valence-corrected chi connectivity index (χ3v) is 4.31. The first-order valence-electron chi connectivity index (χ1n) is 9.28. The summed E-state index contributed by atoms with van der Waals surface area (Å²) in [5.74, 6) is 0.901. The van der Waals surface area contributed by atoms with Gasteiger partial charge in [-0.05, 0) is 72.4 Å². The summed E-state index contributed by atoms with van der Waals surface area (Å²) in [6.07, 6.45) is 1.61. The quantitative estimate of drug-likeness (QED) is 0.189. The van der Waals surface area contributed by atoms with Gasteiger partial charge in [-0.15, -0.1) is 0 Å². The summed E-state index contributed by atoms with van der Waals surface area (Å²) < 4.78 is 15.8. The van der Waals surface area contributed by atoms with Crippen LogP contribution in [0, 0.1) is 0 Å². The van der Waals surface area contributed by atoms with Gasteiger partial charge in [0, 0.05) is 5.69 Å². The number of carbonyl (C=O) groups is 1. The van der Waals surface area contributed by atoms with Crippen LogP contribution in [0.4, 0.5) is 5.69 Å². The zero-order valence-electron chi connectivity index (χ0n) is 17.0. The molecule has 3 aromatic carbocycles. The Hall–Kier alpha value is -3.91. The summed E-state index contributed by atoms with van der Waals surface area (Å²) in [7, 11) is 3.04. The molecule has 0 unspecified atom stereocenters. The highest BCUT2D eigenvalue weighted by Crippen LogP contribution is 2.28. The molecule has 0 heterocycles. The summed E-state index contributed by atoms with van der Waals surface area (Å²) >= 11 is 5.19. The van der Waals surface area contributed by atoms with Crippen molar-refractivity contribution in [3.63, 3.8) is 0 Å². The number of methoxy groups -OCH3 is 2. The number of para-hydroxylation sites is 1. The monoisotopic (exact) mass is 435 g/mol. The molecule has 0 spiro atoms. The van der Waals surface area contributed by atoms with Crippen LogP contribution in [0.5, 0.6) is 17.2 Å². The topological polar surface area (TPSA) is 81.2 Å². The van der Waals surface area contributed by atoms with Gasteiger partial charge in [-0.1, -0.05) is 18.2 Å². The van der Waals surface area contributed by atoms with Crippen molar-refractivity contribution >= 4 is 35.2 Å². The molecule has 0 fully saturated rings. The van der Waals surface area contributed by atoms with Crippen molar-refractivity contribution in [3.05, 3.63) is 83.9 Å². The van der Waals surface area contributed by atoms with Gasteiger partial charge in [0.1, 0.15) is 5.75 Å². The van der Waals surface area contributed by atoms with Crippen molar-refractivity contribution in [2.24, 2.45) is 5.10 Å². The van der Waals surface area contributed by atoms with E-state index in [0.29, 0.717) is 27.9 Å². The Bertz CT molecular complexity index is 1070. The molecule has 0 bridgehead atoms. The predicted octanol–water partition coefficient (Wildman–Crippen LogP) is 4.24. The molecule has 0 aliphatic carbocycles. The molecule has 3 rings (SSSR count). The molecule has 0 atom stereocenters. The number of rotatable bonds is 7. The predicted molar refractivity (Wildman–Crippen MR) is 124 cm³/mol. The summed E-state index contributed by atoms with van der Waals surface area (Å²) in [4.78, 5) is 12.4.